The van der Waals surface area contributed by atoms with Gasteiger partial charge in [0, 0.05) is 31.4 Å². The molecule has 0 aliphatic carbocycles. The van der Waals surface area contributed by atoms with Gasteiger partial charge in [-0.3, -0.25) is 0 Å². The van der Waals surface area contributed by atoms with Crippen molar-refractivity contribution in [1.82, 2.24) is 5.32 Å². The van der Waals surface area contributed by atoms with Crippen molar-refractivity contribution < 1.29 is 0 Å². The van der Waals surface area contributed by atoms with E-state index in [1.54, 1.807) is 0 Å². The smallest absolute Gasteiger partial charge is 0.0383 e. The summed E-state index contributed by atoms with van der Waals surface area (Å²) >= 11 is 0. The van der Waals surface area contributed by atoms with Crippen LogP contribution in [-0.4, -0.2) is 25.7 Å². The normalized spacial score (nSPS) is 12.8. The van der Waals surface area contributed by atoms with Gasteiger partial charge in [0.15, 0.2) is 0 Å². The summed E-state index contributed by atoms with van der Waals surface area (Å²) in [5, 5.41) is 3.48. The van der Waals surface area contributed by atoms with Crippen LogP contribution in [0.1, 0.15) is 33.3 Å². The molecule has 0 amide bonds. The second kappa shape index (κ2) is 6.65. The van der Waals surface area contributed by atoms with Crippen LogP contribution >= 0.6 is 0 Å². The summed E-state index contributed by atoms with van der Waals surface area (Å²) in [6, 6.07) is 9.91. The third kappa shape index (κ3) is 4.39. The van der Waals surface area contributed by atoms with Crippen molar-refractivity contribution in [2.24, 2.45) is 0 Å². The van der Waals surface area contributed by atoms with Crippen LogP contribution < -0.4 is 10.2 Å². The minimum absolute atomic E-state index is 0.505. The number of rotatable bonds is 6. The van der Waals surface area contributed by atoms with Crippen molar-refractivity contribution >= 4 is 5.69 Å². The number of aryl methyl sites for hydroxylation is 1. The maximum Gasteiger partial charge on any atom is 0.0383 e. The summed E-state index contributed by atoms with van der Waals surface area (Å²) in [5.41, 5.74) is 2.69. The lowest BCUT2D eigenvalue weighted by molar-refractivity contribution is 0.532. The highest BCUT2D eigenvalue weighted by molar-refractivity contribution is 5.47. The number of hydrogen-bond acceptors (Lipinski definition) is 2. The van der Waals surface area contributed by atoms with Gasteiger partial charge in [-0.15, -0.1) is 0 Å². The van der Waals surface area contributed by atoms with E-state index in [0.717, 1.165) is 13.0 Å². The Balaban J connectivity index is 2.58. The first-order valence-corrected chi connectivity index (χ1v) is 6.59. The van der Waals surface area contributed by atoms with E-state index in [1.807, 2.05) is 0 Å². The van der Waals surface area contributed by atoms with Gasteiger partial charge in [-0.25, -0.2) is 0 Å². The summed E-state index contributed by atoms with van der Waals surface area (Å²) in [5.74, 6) is 0. The van der Waals surface area contributed by atoms with Crippen LogP contribution in [0.2, 0.25) is 0 Å². The van der Waals surface area contributed by atoms with E-state index in [0.29, 0.717) is 12.1 Å². The quantitative estimate of drug-likeness (QED) is 0.814. The van der Waals surface area contributed by atoms with E-state index >= 15 is 0 Å². The van der Waals surface area contributed by atoms with E-state index in [-0.39, 0.29) is 0 Å². The second-order valence-corrected chi connectivity index (χ2v) is 5.04. The van der Waals surface area contributed by atoms with Gasteiger partial charge < -0.3 is 10.2 Å². The number of benzene rings is 1. The monoisotopic (exact) mass is 234 g/mol. The first kappa shape index (κ1) is 14.0. The Hall–Kier alpha value is -1.02. The molecule has 2 nitrogen and oxygen atoms in total. The van der Waals surface area contributed by atoms with Gasteiger partial charge in [-0.2, -0.15) is 0 Å². The molecule has 0 aromatic heterocycles. The molecular formula is C15H26N2. The molecule has 0 spiro atoms. The molecule has 0 heterocycles. The van der Waals surface area contributed by atoms with Crippen molar-refractivity contribution in [3.05, 3.63) is 29.8 Å². The fourth-order valence-corrected chi connectivity index (χ4v) is 1.76. The number of nitrogens with one attached hydrogen (secondary N) is 1. The van der Waals surface area contributed by atoms with Crippen molar-refractivity contribution in [3.63, 3.8) is 0 Å². The van der Waals surface area contributed by atoms with Gasteiger partial charge in [0.1, 0.15) is 0 Å². The molecule has 96 valence electrons. The molecule has 2 heteroatoms. The Kier molecular flexibility index (Phi) is 5.49. The molecule has 1 aromatic carbocycles. The van der Waals surface area contributed by atoms with E-state index in [9.17, 15) is 0 Å². The third-order valence-corrected chi connectivity index (χ3v) is 3.23. The van der Waals surface area contributed by atoms with Gasteiger partial charge >= 0.3 is 0 Å². The number of anilines is 1. The third-order valence-electron chi connectivity index (χ3n) is 3.23. The summed E-state index contributed by atoms with van der Waals surface area (Å²) in [7, 11) is 2.16. The number of nitrogens with zero attached hydrogens (tertiary/aromatic N) is 1. The lowest BCUT2D eigenvalue weighted by atomic mass is 10.1. The molecule has 1 aromatic rings. The van der Waals surface area contributed by atoms with Crippen molar-refractivity contribution in [2.45, 2.75) is 46.2 Å². The minimum Gasteiger partial charge on any atom is -0.371 e. The van der Waals surface area contributed by atoms with Crippen LogP contribution in [0.25, 0.3) is 0 Å². The standard InChI is InChI=1S/C15H26N2/c1-6-14-7-9-15(10-8-14)17(5)13(4)11-16-12(2)3/h7-10,12-13,16H,6,11H2,1-5H3. The number of hydrogen-bond donors (Lipinski definition) is 1. The van der Waals surface area contributed by atoms with Gasteiger partial charge in [-0.05, 0) is 31.0 Å². The highest BCUT2D eigenvalue weighted by atomic mass is 15.1. The minimum atomic E-state index is 0.505. The lowest BCUT2D eigenvalue weighted by Crippen LogP contribution is -2.40. The predicted octanol–water partition coefficient (Wildman–Crippen LogP) is 3.07. The molecule has 17 heavy (non-hydrogen) atoms. The van der Waals surface area contributed by atoms with Gasteiger partial charge in [0.25, 0.3) is 0 Å². The molecule has 1 N–H and O–H groups in total. The molecule has 0 aliphatic heterocycles. The van der Waals surface area contributed by atoms with Crippen LogP contribution in [-0.2, 0) is 6.42 Å². The SMILES string of the molecule is CCc1ccc(N(C)C(C)CNC(C)C)cc1. The number of likely N-dealkylation sites (N-methyl/N-ethyl adjacent to an activating group) is 1. The maximum atomic E-state index is 3.48. The first-order chi connectivity index (χ1) is 8.04. The molecule has 1 atom stereocenters. The van der Waals surface area contributed by atoms with E-state index in [4.69, 9.17) is 0 Å². The molecule has 1 unspecified atom stereocenters. The van der Waals surface area contributed by atoms with Gasteiger partial charge in [-0.1, -0.05) is 32.9 Å². The Labute approximate surface area is 106 Å². The van der Waals surface area contributed by atoms with E-state index < -0.39 is 0 Å². The Morgan fingerprint density at radius 1 is 1.12 bits per heavy atom. The molecule has 1 rings (SSSR count). The second-order valence-electron chi connectivity index (χ2n) is 5.04. The summed E-state index contributed by atoms with van der Waals surface area (Å²) in [6.07, 6.45) is 1.11. The molecule has 0 bridgehead atoms. The Morgan fingerprint density at radius 2 is 1.71 bits per heavy atom. The van der Waals surface area contributed by atoms with Crippen LogP contribution in [0, 0.1) is 0 Å². The summed E-state index contributed by atoms with van der Waals surface area (Å²) in [4.78, 5) is 2.33. The average molecular weight is 234 g/mol. The largest absolute Gasteiger partial charge is 0.371 e. The van der Waals surface area contributed by atoms with Crippen molar-refractivity contribution in [1.29, 1.82) is 0 Å². The highest BCUT2D eigenvalue weighted by Crippen LogP contribution is 2.16. The fraction of sp³-hybridized carbons (Fsp3) is 0.600. The summed E-state index contributed by atoms with van der Waals surface area (Å²) < 4.78 is 0. The van der Waals surface area contributed by atoms with E-state index in [2.05, 4.69) is 69.2 Å². The fourth-order valence-electron chi connectivity index (χ4n) is 1.76. The first-order valence-electron chi connectivity index (χ1n) is 6.59. The highest BCUT2D eigenvalue weighted by Gasteiger charge is 2.09. The Bertz CT molecular complexity index is 316. The maximum absolute atomic E-state index is 3.48. The lowest BCUT2D eigenvalue weighted by Gasteiger charge is -2.28. The summed E-state index contributed by atoms with van der Waals surface area (Å²) in [6.45, 7) is 9.83. The van der Waals surface area contributed by atoms with Crippen LogP contribution in [0.15, 0.2) is 24.3 Å². The zero-order chi connectivity index (χ0) is 12.8. The van der Waals surface area contributed by atoms with E-state index in [1.165, 1.54) is 11.3 Å². The van der Waals surface area contributed by atoms with Crippen LogP contribution in [0.4, 0.5) is 5.69 Å². The zero-order valence-corrected chi connectivity index (χ0v) is 11.8. The van der Waals surface area contributed by atoms with Crippen molar-refractivity contribution in [2.75, 3.05) is 18.5 Å². The Morgan fingerprint density at radius 3 is 2.18 bits per heavy atom. The van der Waals surface area contributed by atoms with Gasteiger partial charge in [0.05, 0.1) is 0 Å². The zero-order valence-electron chi connectivity index (χ0n) is 11.8. The average Bonchev–Trinajstić information content (AvgIpc) is 2.35. The topological polar surface area (TPSA) is 15.3 Å². The molecular weight excluding hydrogens is 208 g/mol. The van der Waals surface area contributed by atoms with Crippen molar-refractivity contribution in [3.8, 4) is 0 Å². The molecule has 0 fully saturated rings. The predicted molar refractivity (Wildman–Crippen MR) is 76.8 cm³/mol. The molecule has 0 saturated carbocycles. The van der Waals surface area contributed by atoms with Crippen LogP contribution in [0.3, 0.4) is 0 Å². The van der Waals surface area contributed by atoms with Gasteiger partial charge in [0.2, 0.25) is 0 Å². The molecule has 0 saturated heterocycles. The van der Waals surface area contributed by atoms with Crippen LogP contribution in [0.5, 0.6) is 0 Å². The molecule has 0 aliphatic rings. The molecule has 0 radical (unpaired) electrons.